The largest absolute Gasteiger partial charge is 0.465 e. The first-order valence-electron chi connectivity index (χ1n) is 5.71. The molecule has 3 N–H and O–H groups in total. The average molecular weight is 339 g/mol. The van der Waals surface area contributed by atoms with Crippen LogP contribution >= 0.6 is 15.9 Å². The molecule has 0 fully saturated rings. The number of nitrogens with two attached hydrogens (primary N) is 1. The first-order valence-corrected chi connectivity index (χ1v) is 6.50. The number of nitrogens with one attached hydrogen (secondary N) is 1. The number of hydrogen-bond acceptors (Lipinski definition) is 4. The molecule has 0 heterocycles. The molecule has 0 aromatic heterocycles. The van der Waals surface area contributed by atoms with Crippen LogP contribution in [0.3, 0.4) is 0 Å². The van der Waals surface area contributed by atoms with Crippen LogP contribution in [0.4, 0.5) is 21.5 Å². The summed E-state index contributed by atoms with van der Waals surface area (Å²) in [6.45, 7) is 0. The molecule has 104 valence electrons. The van der Waals surface area contributed by atoms with Crippen molar-refractivity contribution in [3.05, 3.63) is 52.3 Å². The highest BCUT2D eigenvalue weighted by molar-refractivity contribution is 9.10. The van der Waals surface area contributed by atoms with Gasteiger partial charge in [0, 0.05) is 4.47 Å². The Morgan fingerprint density at radius 3 is 2.65 bits per heavy atom. The van der Waals surface area contributed by atoms with Crippen molar-refractivity contribution in [1.82, 2.24) is 0 Å². The molecule has 0 aliphatic carbocycles. The Hall–Kier alpha value is -2.08. The zero-order valence-electron chi connectivity index (χ0n) is 10.6. The van der Waals surface area contributed by atoms with Gasteiger partial charge in [0.1, 0.15) is 5.82 Å². The lowest BCUT2D eigenvalue weighted by molar-refractivity contribution is 0.0601. The third-order valence-corrected chi connectivity index (χ3v) is 3.36. The molecule has 6 heteroatoms. The Morgan fingerprint density at radius 2 is 2.00 bits per heavy atom. The third-order valence-electron chi connectivity index (χ3n) is 2.67. The maximum Gasteiger partial charge on any atom is 0.337 e. The summed E-state index contributed by atoms with van der Waals surface area (Å²) in [5.41, 5.74) is 7.71. The molecule has 2 aromatic rings. The van der Waals surface area contributed by atoms with Gasteiger partial charge in [-0.15, -0.1) is 0 Å². The van der Waals surface area contributed by atoms with Crippen molar-refractivity contribution in [3.63, 3.8) is 0 Å². The Balaban J connectivity index is 2.30. The minimum atomic E-state index is -0.463. The number of methoxy groups -OCH3 is 1. The second-order valence-corrected chi connectivity index (χ2v) is 4.90. The lowest BCUT2D eigenvalue weighted by Gasteiger charge is -2.12. The van der Waals surface area contributed by atoms with E-state index in [2.05, 4.69) is 26.0 Å². The lowest BCUT2D eigenvalue weighted by Crippen LogP contribution is -2.04. The molecule has 20 heavy (non-hydrogen) atoms. The van der Waals surface area contributed by atoms with E-state index in [-0.39, 0.29) is 5.82 Å². The summed E-state index contributed by atoms with van der Waals surface area (Å²) in [5.74, 6) is -0.823. The summed E-state index contributed by atoms with van der Waals surface area (Å²) in [5, 5.41) is 3.00. The fraction of sp³-hybridized carbons (Fsp3) is 0.0714. The van der Waals surface area contributed by atoms with Gasteiger partial charge >= 0.3 is 5.97 Å². The Kier molecular flexibility index (Phi) is 4.24. The maximum absolute atomic E-state index is 13.2. The molecule has 0 saturated carbocycles. The van der Waals surface area contributed by atoms with Crippen LogP contribution in [-0.2, 0) is 4.74 Å². The fourth-order valence-electron chi connectivity index (χ4n) is 1.66. The number of halogens is 2. The zero-order chi connectivity index (χ0) is 14.7. The molecule has 0 aliphatic heterocycles. The van der Waals surface area contributed by atoms with Crippen LogP contribution in [0.1, 0.15) is 10.4 Å². The topological polar surface area (TPSA) is 64.3 Å². The van der Waals surface area contributed by atoms with Crippen LogP contribution in [-0.4, -0.2) is 13.1 Å². The number of carbonyl (C=O) groups excluding carboxylic acids is 1. The molecule has 0 bridgehead atoms. The SMILES string of the molecule is COC(=O)c1ccc(Nc2cc(F)ccc2Br)c(N)c1. The third kappa shape index (κ3) is 3.08. The van der Waals surface area contributed by atoms with Crippen LogP contribution in [0.5, 0.6) is 0 Å². The molecule has 0 saturated heterocycles. The molecule has 2 aromatic carbocycles. The van der Waals surface area contributed by atoms with E-state index >= 15 is 0 Å². The van der Waals surface area contributed by atoms with Crippen molar-refractivity contribution >= 4 is 39.0 Å². The van der Waals surface area contributed by atoms with Gasteiger partial charge < -0.3 is 15.8 Å². The van der Waals surface area contributed by atoms with E-state index in [1.54, 1.807) is 18.2 Å². The predicted molar refractivity (Wildman–Crippen MR) is 79.6 cm³/mol. The van der Waals surface area contributed by atoms with Crippen molar-refractivity contribution in [1.29, 1.82) is 0 Å². The zero-order valence-corrected chi connectivity index (χ0v) is 12.2. The molecule has 4 nitrogen and oxygen atoms in total. The maximum atomic E-state index is 13.2. The standard InChI is InChI=1S/C14H12BrFN2O2/c1-20-14(19)8-2-5-12(11(17)6-8)18-13-7-9(16)3-4-10(13)15/h2-7,18H,17H2,1H3. The van der Waals surface area contributed by atoms with Gasteiger partial charge in [0.25, 0.3) is 0 Å². The van der Waals surface area contributed by atoms with E-state index < -0.39 is 5.97 Å². The first kappa shape index (κ1) is 14.3. The van der Waals surface area contributed by atoms with Crippen molar-refractivity contribution in [2.75, 3.05) is 18.2 Å². The summed E-state index contributed by atoms with van der Waals surface area (Å²) in [6.07, 6.45) is 0. The second kappa shape index (κ2) is 5.92. The van der Waals surface area contributed by atoms with Crippen LogP contribution in [0.15, 0.2) is 40.9 Å². The van der Waals surface area contributed by atoms with E-state index in [0.717, 1.165) is 0 Å². The molecule has 0 atom stereocenters. The summed E-state index contributed by atoms with van der Waals surface area (Å²) < 4.78 is 18.5. The highest BCUT2D eigenvalue weighted by Crippen LogP contribution is 2.29. The van der Waals surface area contributed by atoms with Crippen LogP contribution in [0.25, 0.3) is 0 Å². The van der Waals surface area contributed by atoms with Crippen molar-refractivity contribution in [2.24, 2.45) is 0 Å². The van der Waals surface area contributed by atoms with E-state index in [1.165, 1.54) is 25.3 Å². The Labute approximate surface area is 123 Å². The molecule has 0 unspecified atom stereocenters. The van der Waals surface area contributed by atoms with Gasteiger partial charge in [0.15, 0.2) is 0 Å². The Bertz CT molecular complexity index is 662. The van der Waals surface area contributed by atoms with Gasteiger partial charge in [0.05, 0.1) is 29.7 Å². The molecular weight excluding hydrogens is 327 g/mol. The highest BCUT2D eigenvalue weighted by atomic mass is 79.9. The number of hydrogen-bond donors (Lipinski definition) is 2. The van der Waals surface area contributed by atoms with Gasteiger partial charge in [-0.2, -0.15) is 0 Å². The van der Waals surface area contributed by atoms with Gasteiger partial charge in [-0.1, -0.05) is 0 Å². The van der Waals surface area contributed by atoms with E-state index in [9.17, 15) is 9.18 Å². The van der Waals surface area contributed by atoms with Crippen molar-refractivity contribution in [2.45, 2.75) is 0 Å². The number of ether oxygens (including phenoxy) is 1. The smallest absolute Gasteiger partial charge is 0.337 e. The number of anilines is 3. The lowest BCUT2D eigenvalue weighted by atomic mass is 10.1. The Morgan fingerprint density at radius 1 is 1.25 bits per heavy atom. The first-order chi connectivity index (χ1) is 9.51. The fourth-order valence-corrected chi connectivity index (χ4v) is 2.01. The normalized spacial score (nSPS) is 10.2. The summed E-state index contributed by atoms with van der Waals surface area (Å²) >= 11 is 3.32. The minimum absolute atomic E-state index is 0.355. The van der Waals surface area contributed by atoms with Crippen molar-refractivity contribution in [3.8, 4) is 0 Å². The predicted octanol–water partition coefficient (Wildman–Crippen LogP) is 3.70. The van der Waals surface area contributed by atoms with E-state index in [0.29, 0.717) is 27.1 Å². The monoisotopic (exact) mass is 338 g/mol. The number of rotatable bonds is 3. The van der Waals surface area contributed by atoms with Gasteiger partial charge in [-0.3, -0.25) is 0 Å². The quantitative estimate of drug-likeness (QED) is 0.661. The number of nitrogen functional groups attached to an aromatic ring is 1. The molecular formula is C14H12BrFN2O2. The number of benzene rings is 2. The molecule has 0 spiro atoms. The van der Waals surface area contributed by atoms with Gasteiger partial charge in [-0.25, -0.2) is 9.18 Å². The van der Waals surface area contributed by atoms with Crippen LogP contribution in [0, 0.1) is 5.82 Å². The van der Waals surface area contributed by atoms with Gasteiger partial charge in [-0.05, 0) is 52.3 Å². The van der Waals surface area contributed by atoms with Crippen molar-refractivity contribution < 1.29 is 13.9 Å². The van der Waals surface area contributed by atoms with Gasteiger partial charge in [0.2, 0.25) is 0 Å². The molecule has 0 aliphatic rings. The highest BCUT2D eigenvalue weighted by Gasteiger charge is 2.09. The molecule has 2 rings (SSSR count). The van der Waals surface area contributed by atoms with Crippen LogP contribution < -0.4 is 11.1 Å². The molecule has 0 radical (unpaired) electrons. The van der Waals surface area contributed by atoms with Crippen LogP contribution in [0.2, 0.25) is 0 Å². The average Bonchev–Trinajstić information content (AvgIpc) is 2.44. The second-order valence-electron chi connectivity index (χ2n) is 4.04. The molecule has 0 amide bonds. The number of esters is 1. The summed E-state index contributed by atoms with van der Waals surface area (Å²) in [6, 6.07) is 9.01. The summed E-state index contributed by atoms with van der Waals surface area (Å²) in [7, 11) is 1.30. The minimum Gasteiger partial charge on any atom is -0.465 e. The van der Waals surface area contributed by atoms with E-state index in [1.807, 2.05) is 0 Å². The van der Waals surface area contributed by atoms with E-state index in [4.69, 9.17) is 5.73 Å². The summed E-state index contributed by atoms with van der Waals surface area (Å²) in [4.78, 5) is 11.4. The number of carbonyl (C=O) groups is 1.